The molecule has 0 heteroatoms. The van der Waals surface area contributed by atoms with Crippen molar-refractivity contribution in [1.82, 2.24) is 0 Å². The lowest BCUT2D eigenvalue weighted by atomic mass is 9.76. The van der Waals surface area contributed by atoms with E-state index in [-0.39, 0.29) is 0 Å². The van der Waals surface area contributed by atoms with Gasteiger partial charge in [0.1, 0.15) is 0 Å². The van der Waals surface area contributed by atoms with Gasteiger partial charge in [-0.25, -0.2) is 0 Å². The van der Waals surface area contributed by atoms with Crippen molar-refractivity contribution in [3.63, 3.8) is 0 Å². The SMILES string of the molecule is CCCCCCC(C)C(C)C(C)C(C)CC. The van der Waals surface area contributed by atoms with Crippen LogP contribution in [0.1, 0.15) is 80.1 Å². The quantitative estimate of drug-likeness (QED) is 0.429. The van der Waals surface area contributed by atoms with Crippen molar-refractivity contribution in [3.05, 3.63) is 0 Å². The van der Waals surface area contributed by atoms with Gasteiger partial charge in [-0.1, -0.05) is 80.1 Å². The fraction of sp³-hybridized carbons (Fsp3) is 1.00. The molecule has 0 heterocycles. The van der Waals surface area contributed by atoms with Gasteiger partial charge in [0.05, 0.1) is 0 Å². The van der Waals surface area contributed by atoms with Crippen LogP contribution in [0.5, 0.6) is 0 Å². The van der Waals surface area contributed by atoms with E-state index >= 15 is 0 Å². The molecule has 0 aromatic heterocycles. The summed E-state index contributed by atoms with van der Waals surface area (Å²) >= 11 is 0. The normalized spacial score (nSPS) is 19.1. The van der Waals surface area contributed by atoms with E-state index in [1.807, 2.05) is 0 Å². The molecule has 0 bridgehead atoms. The summed E-state index contributed by atoms with van der Waals surface area (Å²) in [6.07, 6.45) is 8.41. The molecule has 4 unspecified atom stereocenters. The second kappa shape index (κ2) is 9.07. The first kappa shape index (κ1) is 16.0. The first-order valence-corrected chi connectivity index (χ1v) is 7.54. The van der Waals surface area contributed by atoms with Crippen molar-refractivity contribution in [2.24, 2.45) is 23.7 Å². The Bertz CT molecular complexity index is 150. The highest BCUT2D eigenvalue weighted by Crippen LogP contribution is 2.31. The van der Waals surface area contributed by atoms with Gasteiger partial charge in [0, 0.05) is 0 Å². The summed E-state index contributed by atoms with van der Waals surface area (Å²) in [7, 11) is 0. The van der Waals surface area contributed by atoms with E-state index in [4.69, 9.17) is 0 Å². The van der Waals surface area contributed by atoms with Crippen LogP contribution >= 0.6 is 0 Å². The minimum atomic E-state index is 0.881. The Kier molecular flexibility index (Phi) is 9.07. The molecule has 0 rings (SSSR count). The fourth-order valence-electron chi connectivity index (χ4n) is 2.56. The Morgan fingerprint density at radius 2 is 1.25 bits per heavy atom. The van der Waals surface area contributed by atoms with E-state index < -0.39 is 0 Å². The van der Waals surface area contributed by atoms with Crippen LogP contribution < -0.4 is 0 Å². The Balaban J connectivity index is 3.83. The van der Waals surface area contributed by atoms with Gasteiger partial charge in [-0.15, -0.1) is 0 Å². The van der Waals surface area contributed by atoms with Crippen molar-refractivity contribution < 1.29 is 0 Å². The smallest absolute Gasteiger partial charge is 0.0389 e. The summed E-state index contributed by atoms with van der Waals surface area (Å²) in [5.74, 6) is 3.55. The van der Waals surface area contributed by atoms with E-state index in [1.165, 1.54) is 38.5 Å². The molecule has 0 aromatic carbocycles. The summed E-state index contributed by atoms with van der Waals surface area (Å²) in [5, 5.41) is 0. The Morgan fingerprint density at radius 3 is 1.75 bits per heavy atom. The molecule has 98 valence electrons. The van der Waals surface area contributed by atoms with Crippen LogP contribution in [0.25, 0.3) is 0 Å². The zero-order chi connectivity index (χ0) is 12.6. The monoisotopic (exact) mass is 226 g/mol. The van der Waals surface area contributed by atoms with E-state index in [9.17, 15) is 0 Å². The minimum absolute atomic E-state index is 0.881. The third-order valence-electron chi connectivity index (χ3n) is 4.78. The lowest BCUT2D eigenvalue weighted by Gasteiger charge is -2.30. The first-order chi connectivity index (χ1) is 7.54. The van der Waals surface area contributed by atoms with Gasteiger partial charge in [-0.05, 0) is 23.7 Å². The molecule has 0 aromatic rings. The second-order valence-electron chi connectivity index (χ2n) is 5.93. The van der Waals surface area contributed by atoms with Crippen molar-refractivity contribution in [2.75, 3.05) is 0 Å². The standard InChI is InChI=1S/C16H34/c1-7-9-10-11-12-14(4)16(6)15(5)13(3)8-2/h13-16H,7-12H2,1-6H3. The molecule has 0 aliphatic rings. The maximum atomic E-state index is 2.46. The van der Waals surface area contributed by atoms with Gasteiger partial charge < -0.3 is 0 Å². The summed E-state index contributed by atoms with van der Waals surface area (Å²) in [5.41, 5.74) is 0. The van der Waals surface area contributed by atoms with Crippen LogP contribution in [-0.4, -0.2) is 0 Å². The Hall–Kier alpha value is 0. The van der Waals surface area contributed by atoms with Gasteiger partial charge in [-0.2, -0.15) is 0 Å². The summed E-state index contributed by atoms with van der Waals surface area (Å²) in [4.78, 5) is 0. The molecule has 0 radical (unpaired) electrons. The second-order valence-corrected chi connectivity index (χ2v) is 5.93. The van der Waals surface area contributed by atoms with Crippen molar-refractivity contribution in [3.8, 4) is 0 Å². The molecule has 0 amide bonds. The molecular formula is C16H34. The zero-order valence-corrected chi connectivity index (χ0v) is 12.6. The lowest BCUT2D eigenvalue weighted by Crippen LogP contribution is -2.22. The van der Waals surface area contributed by atoms with Gasteiger partial charge in [0.15, 0.2) is 0 Å². The molecule has 0 fully saturated rings. The largest absolute Gasteiger partial charge is 0.0654 e. The molecule has 16 heavy (non-hydrogen) atoms. The van der Waals surface area contributed by atoms with Crippen LogP contribution in [-0.2, 0) is 0 Å². The molecule has 0 aliphatic heterocycles. The molecule has 0 nitrogen and oxygen atoms in total. The third-order valence-corrected chi connectivity index (χ3v) is 4.78. The molecule has 0 N–H and O–H groups in total. The van der Waals surface area contributed by atoms with Gasteiger partial charge in [0.2, 0.25) is 0 Å². The number of hydrogen-bond acceptors (Lipinski definition) is 0. The molecule has 0 saturated heterocycles. The van der Waals surface area contributed by atoms with E-state index in [0.29, 0.717) is 0 Å². The van der Waals surface area contributed by atoms with Crippen LogP contribution in [0.15, 0.2) is 0 Å². The molecule has 4 atom stereocenters. The van der Waals surface area contributed by atoms with E-state index in [2.05, 4.69) is 41.5 Å². The first-order valence-electron chi connectivity index (χ1n) is 7.54. The predicted octanol–water partition coefficient (Wildman–Crippen LogP) is 5.91. The maximum Gasteiger partial charge on any atom is -0.0389 e. The molecule has 0 spiro atoms. The Morgan fingerprint density at radius 1 is 0.688 bits per heavy atom. The van der Waals surface area contributed by atoms with Crippen LogP contribution in [0.4, 0.5) is 0 Å². The number of unbranched alkanes of at least 4 members (excludes halogenated alkanes) is 3. The topological polar surface area (TPSA) is 0 Å². The molecular weight excluding hydrogens is 192 g/mol. The van der Waals surface area contributed by atoms with Crippen molar-refractivity contribution in [1.29, 1.82) is 0 Å². The Labute approximate surface area is 104 Å². The van der Waals surface area contributed by atoms with Gasteiger partial charge in [-0.3, -0.25) is 0 Å². The predicted molar refractivity (Wildman–Crippen MR) is 75.7 cm³/mol. The van der Waals surface area contributed by atoms with Crippen LogP contribution in [0, 0.1) is 23.7 Å². The van der Waals surface area contributed by atoms with Gasteiger partial charge >= 0.3 is 0 Å². The summed E-state index contributed by atoms with van der Waals surface area (Å²) in [6, 6.07) is 0. The maximum absolute atomic E-state index is 2.46. The molecule has 0 aliphatic carbocycles. The van der Waals surface area contributed by atoms with E-state index in [1.54, 1.807) is 0 Å². The lowest BCUT2D eigenvalue weighted by molar-refractivity contribution is 0.198. The number of rotatable bonds is 9. The highest BCUT2D eigenvalue weighted by Gasteiger charge is 2.22. The summed E-state index contributed by atoms with van der Waals surface area (Å²) in [6.45, 7) is 14.4. The van der Waals surface area contributed by atoms with E-state index in [0.717, 1.165) is 23.7 Å². The highest BCUT2D eigenvalue weighted by molar-refractivity contribution is 4.72. The van der Waals surface area contributed by atoms with Crippen LogP contribution in [0.3, 0.4) is 0 Å². The van der Waals surface area contributed by atoms with Crippen molar-refractivity contribution in [2.45, 2.75) is 80.1 Å². The van der Waals surface area contributed by atoms with Crippen molar-refractivity contribution >= 4 is 0 Å². The molecule has 0 saturated carbocycles. The fourth-order valence-corrected chi connectivity index (χ4v) is 2.56. The average Bonchev–Trinajstić information content (AvgIpc) is 2.31. The third kappa shape index (κ3) is 5.92. The highest BCUT2D eigenvalue weighted by atomic mass is 14.3. The van der Waals surface area contributed by atoms with Gasteiger partial charge in [0.25, 0.3) is 0 Å². The average molecular weight is 226 g/mol. The zero-order valence-electron chi connectivity index (χ0n) is 12.6. The summed E-state index contributed by atoms with van der Waals surface area (Å²) < 4.78 is 0. The minimum Gasteiger partial charge on any atom is -0.0654 e. The van der Waals surface area contributed by atoms with Crippen LogP contribution in [0.2, 0.25) is 0 Å². The number of hydrogen-bond donors (Lipinski definition) is 0.